The lowest BCUT2D eigenvalue weighted by atomic mass is 9.88. The van der Waals surface area contributed by atoms with E-state index in [1.54, 1.807) is 26.2 Å². The van der Waals surface area contributed by atoms with Crippen molar-refractivity contribution in [2.45, 2.75) is 13.0 Å². The van der Waals surface area contributed by atoms with Crippen molar-refractivity contribution in [3.63, 3.8) is 0 Å². The predicted molar refractivity (Wildman–Crippen MR) is 128 cm³/mol. The molecule has 2 aromatic carbocycles. The number of benzene rings is 2. The van der Waals surface area contributed by atoms with Crippen molar-refractivity contribution in [1.82, 2.24) is 9.55 Å². The number of methoxy groups -OCH3 is 4. The highest BCUT2D eigenvalue weighted by Crippen LogP contribution is 2.46. The average molecular weight is 484 g/mol. The monoisotopic (exact) mass is 483 g/mol. The van der Waals surface area contributed by atoms with Gasteiger partial charge in [-0.3, -0.25) is 14.5 Å². The number of esters is 1. The van der Waals surface area contributed by atoms with Crippen molar-refractivity contribution in [2.24, 2.45) is 5.92 Å². The maximum Gasteiger partial charge on any atom is 0.321 e. The SMILES string of the molecule is CCOC(=O)[C@H]1C(=O)N(CCOC)c2nc3ccccc3n2[C@@H]1c1cc(OC)c(OC)cc1OC. The van der Waals surface area contributed by atoms with Crippen molar-refractivity contribution in [3.8, 4) is 17.2 Å². The molecule has 0 bridgehead atoms. The lowest BCUT2D eigenvalue weighted by molar-refractivity contribution is -0.153. The molecule has 35 heavy (non-hydrogen) atoms. The zero-order valence-corrected chi connectivity index (χ0v) is 20.4. The van der Waals surface area contributed by atoms with Gasteiger partial charge in [0.15, 0.2) is 17.4 Å². The Kier molecular flexibility index (Phi) is 7.11. The zero-order valence-electron chi connectivity index (χ0n) is 20.4. The van der Waals surface area contributed by atoms with Crippen LogP contribution in [0.3, 0.4) is 0 Å². The van der Waals surface area contributed by atoms with Crippen LogP contribution in [0.5, 0.6) is 17.2 Å². The topological polar surface area (TPSA) is 101 Å². The van der Waals surface area contributed by atoms with E-state index in [0.717, 1.165) is 5.52 Å². The molecular weight excluding hydrogens is 454 g/mol. The van der Waals surface area contributed by atoms with E-state index >= 15 is 0 Å². The van der Waals surface area contributed by atoms with Gasteiger partial charge in [-0.2, -0.15) is 0 Å². The first-order valence-corrected chi connectivity index (χ1v) is 11.2. The van der Waals surface area contributed by atoms with Crippen LogP contribution in [-0.4, -0.2) is 69.6 Å². The van der Waals surface area contributed by atoms with Crippen molar-refractivity contribution in [1.29, 1.82) is 0 Å². The highest BCUT2D eigenvalue weighted by Gasteiger charge is 2.49. The maximum absolute atomic E-state index is 13.9. The number of aromatic nitrogens is 2. The highest BCUT2D eigenvalue weighted by atomic mass is 16.5. The van der Waals surface area contributed by atoms with Crippen molar-refractivity contribution in [3.05, 3.63) is 42.0 Å². The number of carbonyl (C=O) groups is 2. The molecule has 0 saturated carbocycles. The van der Waals surface area contributed by atoms with Crippen LogP contribution in [0, 0.1) is 5.92 Å². The van der Waals surface area contributed by atoms with E-state index in [1.165, 1.54) is 26.2 Å². The van der Waals surface area contributed by atoms with Gasteiger partial charge in [0.25, 0.3) is 0 Å². The Hall–Kier alpha value is -3.79. The van der Waals surface area contributed by atoms with Crippen molar-refractivity contribution < 1.29 is 33.3 Å². The minimum absolute atomic E-state index is 0.133. The van der Waals surface area contributed by atoms with Gasteiger partial charge in [-0.15, -0.1) is 0 Å². The van der Waals surface area contributed by atoms with Gasteiger partial charge < -0.3 is 28.3 Å². The van der Waals surface area contributed by atoms with Gasteiger partial charge in [-0.25, -0.2) is 4.98 Å². The Morgan fingerprint density at radius 1 is 1.00 bits per heavy atom. The highest BCUT2D eigenvalue weighted by molar-refractivity contribution is 6.08. The normalized spacial score (nSPS) is 17.3. The van der Waals surface area contributed by atoms with E-state index in [0.29, 0.717) is 34.3 Å². The zero-order chi connectivity index (χ0) is 25.1. The summed E-state index contributed by atoms with van der Waals surface area (Å²) in [5.74, 6) is -0.509. The van der Waals surface area contributed by atoms with E-state index in [4.69, 9.17) is 28.7 Å². The quantitative estimate of drug-likeness (QED) is 0.338. The number of hydrogen-bond acceptors (Lipinski definition) is 8. The number of rotatable bonds is 9. The number of carbonyl (C=O) groups excluding carboxylic acids is 2. The molecule has 10 nitrogen and oxygen atoms in total. The molecular formula is C25H29N3O7. The molecule has 1 aliphatic heterocycles. The standard InChI is InChI=1S/C25H29N3O7/c1-6-35-24(30)21-22(15-13-19(33-4)20(34-5)14-18(15)32-3)28-17-10-8-7-9-16(17)26-25(28)27(23(21)29)11-12-31-2/h7-10,13-14,21-22H,6,11-12H2,1-5H3/t21-,22-/m1/s1. The summed E-state index contributed by atoms with van der Waals surface area (Å²) in [7, 11) is 6.12. The molecule has 0 saturated heterocycles. The van der Waals surface area contributed by atoms with Crippen LogP contribution in [0.4, 0.5) is 5.95 Å². The molecule has 0 aliphatic carbocycles. The molecule has 3 aromatic rings. The second-order valence-electron chi connectivity index (χ2n) is 7.88. The first kappa shape index (κ1) is 24.3. The third kappa shape index (κ3) is 4.14. The fourth-order valence-corrected chi connectivity index (χ4v) is 4.50. The second-order valence-corrected chi connectivity index (χ2v) is 7.88. The summed E-state index contributed by atoms with van der Waals surface area (Å²) in [6.45, 7) is 2.34. The van der Waals surface area contributed by atoms with Crippen LogP contribution in [-0.2, 0) is 19.1 Å². The summed E-state index contributed by atoms with van der Waals surface area (Å²) in [5, 5.41) is 0. The fourth-order valence-electron chi connectivity index (χ4n) is 4.50. The molecule has 1 aromatic heterocycles. The molecule has 186 valence electrons. The first-order chi connectivity index (χ1) is 17.0. The molecule has 0 radical (unpaired) electrons. The Labute approximate surface area is 203 Å². The molecule has 2 atom stereocenters. The van der Waals surface area contributed by atoms with Crippen molar-refractivity contribution >= 4 is 28.9 Å². The van der Waals surface area contributed by atoms with Crippen LogP contribution < -0.4 is 19.1 Å². The summed E-state index contributed by atoms with van der Waals surface area (Å²) < 4.78 is 29.2. The summed E-state index contributed by atoms with van der Waals surface area (Å²) in [4.78, 5) is 33.4. The van der Waals surface area contributed by atoms with Crippen molar-refractivity contribution in [2.75, 3.05) is 53.1 Å². The number of anilines is 1. The smallest absolute Gasteiger partial charge is 0.321 e. The van der Waals surface area contributed by atoms with E-state index in [2.05, 4.69) is 0 Å². The molecule has 0 N–H and O–H groups in total. The summed E-state index contributed by atoms with van der Waals surface area (Å²) in [5.41, 5.74) is 2.01. The minimum Gasteiger partial charge on any atom is -0.496 e. The minimum atomic E-state index is -1.19. The fraction of sp³-hybridized carbons (Fsp3) is 0.400. The molecule has 0 fully saturated rings. The van der Waals surface area contributed by atoms with Gasteiger partial charge in [0.1, 0.15) is 5.75 Å². The van der Waals surface area contributed by atoms with E-state index in [-0.39, 0.29) is 19.8 Å². The molecule has 1 amide bonds. The second kappa shape index (κ2) is 10.2. The van der Waals surface area contributed by atoms with Gasteiger partial charge in [-0.1, -0.05) is 12.1 Å². The Morgan fingerprint density at radius 2 is 1.69 bits per heavy atom. The Bertz CT molecular complexity index is 1240. The molecule has 0 spiro atoms. The van der Waals surface area contributed by atoms with E-state index in [1.807, 2.05) is 28.8 Å². The molecule has 1 aliphatic rings. The first-order valence-electron chi connectivity index (χ1n) is 11.2. The van der Waals surface area contributed by atoms with Gasteiger partial charge in [0.05, 0.1) is 58.2 Å². The molecule has 2 heterocycles. The lowest BCUT2D eigenvalue weighted by Gasteiger charge is -2.38. The average Bonchev–Trinajstić information content (AvgIpc) is 3.26. The summed E-state index contributed by atoms with van der Waals surface area (Å²) in [6.07, 6.45) is 0. The Morgan fingerprint density at radius 3 is 2.34 bits per heavy atom. The van der Waals surface area contributed by atoms with Crippen LogP contribution in [0.1, 0.15) is 18.5 Å². The van der Waals surface area contributed by atoms with E-state index < -0.39 is 23.8 Å². The van der Waals surface area contributed by atoms with Gasteiger partial charge in [0.2, 0.25) is 11.9 Å². The predicted octanol–water partition coefficient (Wildman–Crippen LogP) is 2.82. The maximum atomic E-state index is 13.9. The number of hydrogen-bond donors (Lipinski definition) is 0. The summed E-state index contributed by atoms with van der Waals surface area (Å²) >= 11 is 0. The van der Waals surface area contributed by atoms with Crippen LogP contribution in [0.2, 0.25) is 0 Å². The van der Waals surface area contributed by atoms with Crippen LogP contribution in [0.25, 0.3) is 11.0 Å². The molecule has 4 rings (SSSR count). The van der Waals surface area contributed by atoms with E-state index in [9.17, 15) is 9.59 Å². The van der Waals surface area contributed by atoms with Crippen LogP contribution >= 0.6 is 0 Å². The molecule has 0 unspecified atom stereocenters. The van der Waals surface area contributed by atoms with Gasteiger partial charge in [0, 0.05) is 18.7 Å². The number of ether oxygens (including phenoxy) is 5. The number of para-hydroxylation sites is 2. The largest absolute Gasteiger partial charge is 0.496 e. The Balaban J connectivity index is 2.05. The number of fused-ring (bicyclic) bond motifs is 3. The lowest BCUT2D eigenvalue weighted by Crippen LogP contribution is -2.51. The van der Waals surface area contributed by atoms with Gasteiger partial charge in [-0.05, 0) is 25.1 Å². The molecule has 10 heteroatoms. The number of amides is 1. The summed E-state index contributed by atoms with van der Waals surface area (Å²) in [6, 6.07) is 10.1. The van der Waals surface area contributed by atoms with Gasteiger partial charge >= 0.3 is 5.97 Å². The third-order valence-electron chi connectivity index (χ3n) is 6.06. The van der Waals surface area contributed by atoms with Crippen LogP contribution in [0.15, 0.2) is 36.4 Å². The number of nitrogens with zero attached hydrogens (tertiary/aromatic N) is 3. The third-order valence-corrected chi connectivity index (χ3v) is 6.06. The number of imidazole rings is 1.